The van der Waals surface area contributed by atoms with E-state index in [2.05, 4.69) is 5.32 Å². The maximum atomic E-state index is 11.8. The van der Waals surface area contributed by atoms with Crippen LogP contribution in [0.4, 0.5) is 0 Å². The zero-order chi connectivity index (χ0) is 14.8. The minimum absolute atomic E-state index is 0.0241. The highest BCUT2D eigenvalue weighted by molar-refractivity contribution is 5.86. The van der Waals surface area contributed by atoms with Gasteiger partial charge in [-0.3, -0.25) is 14.4 Å². The first-order chi connectivity index (χ1) is 8.90. The maximum Gasteiger partial charge on any atom is 0.306 e. The van der Waals surface area contributed by atoms with Gasteiger partial charge in [0.05, 0.1) is 19.6 Å². The molecule has 6 heteroatoms. The molecule has 0 fully saturated rings. The molecule has 2 amide bonds. The van der Waals surface area contributed by atoms with Crippen molar-refractivity contribution in [2.75, 3.05) is 19.7 Å². The Labute approximate surface area is 114 Å². The second-order valence-corrected chi connectivity index (χ2v) is 4.44. The lowest BCUT2D eigenvalue weighted by atomic mass is 10.2. The van der Waals surface area contributed by atoms with Gasteiger partial charge in [0.1, 0.15) is 0 Å². The van der Waals surface area contributed by atoms with Gasteiger partial charge in [0.15, 0.2) is 0 Å². The normalized spacial score (nSPS) is 10.2. The van der Waals surface area contributed by atoms with Gasteiger partial charge in [-0.25, -0.2) is 0 Å². The molecule has 0 aromatic rings. The van der Waals surface area contributed by atoms with Crippen LogP contribution in [-0.4, -0.2) is 48.4 Å². The van der Waals surface area contributed by atoms with E-state index in [-0.39, 0.29) is 37.2 Å². The Balaban J connectivity index is 4.17. The van der Waals surface area contributed by atoms with E-state index in [9.17, 15) is 14.4 Å². The Kier molecular flexibility index (Phi) is 8.57. The standard InChI is InChI=1S/C13H24N2O4/c1-5-15(9-11(16)14-10(3)4)12(17)7-8-13(18)19-6-2/h10H,5-9H2,1-4H3,(H,14,16). The van der Waals surface area contributed by atoms with E-state index in [1.54, 1.807) is 13.8 Å². The second kappa shape index (κ2) is 9.35. The van der Waals surface area contributed by atoms with E-state index < -0.39 is 5.97 Å². The summed E-state index contributed by atoms with van der Waals surface area (Å²) in [5, 5.41) is 2.72. The Morgan fingerprint density at radius 3 is 2.26 bits per heavy atom. The summed E-state index contributed by atoms with van der Waals surface area (Å²) in [6.45, 7) is 8.00. The topological polar surface area (TPSA) is 75.7 Å². The lowest BCUT2D eigenvalue weighted by Crippen LogP contribution is -2.42. The lowest BCUT2D eigenvalue weighted by molar-refractivity contribution is -0.146. The minimum Gasteiger partial charge on any atom is -0.466 e. The van der Waals surface area contributed by atoms with Crippen molar-refractivity contribution in [3.63, 3.8) is 0 Å². The fourth-order valence-electron chi connectivity index (χ4n) is 1.52. The Hall–Kier alpha value is -1.59. The van der Waals surface area contributed by atoms with Crippen molar-refractivity contribution in [1.82, 2.24) is 10.2 Å². The molecule has 0 unspecified atom stereocenters. The largest absolute Gasteiger partial charge is 0.466 e. The highest BCUT2D eigenvalue weighted by Crippen LogP contribution is 2.00. The average Bonchev–Trinajstić information content (AvgIpc) is 2.32. The third kappa shape index (κ3) is 8.18. The van der Waals surface area contributed by atoms with E-state index in [1.807, 2.05) is 13.8 Å². The highest BCUT2D eigenvalue weighted by Gasteiger charge is 2.17. The summed E-state index contributed by atoms with van der Waals surface area (Å²) >= 11 is 0. The number of nitrogens with one attached hydrogen (secondary N) is 1. The summed E-state index contributed by atoms with van der Waals surface area (Å²) in [6.07, 6.45) is 0.122. The van der Waals surface area contributed by atoms with Crippen molar-refractivity contribution in [3.05, 3.63) is 0 Å². The van der Waals surface area contributed by atoms with Gasteiger partial charge in [-0.15, -0.1) is 0 Å². The fourth-order valence-corrected chi connectivity index (χ4v) is 1.52. The first-order valence-electron chi connectivity index (χ1n) is 6.63. The van der Waals surface area contributed by atoms with Gasteiger partial charge in [0.2, 0.25) is 11.8 Å². The molecule has 110 valence electrons. The van der Waals surface area contributed by atoms with Crippen LogP contribution in [0.5, 0.6) is 0 Å². The molecule has 0 heterocycles. The molecule has 0 saturated carbocycles. The van der Waals surface area contributed by atoms with Crippen LogP contribution in [0.15, 0.2) is 0 Å². The van der Waals surface area contributed by atoms with Crippen molar-refractivity contribution in [1.29, 1.82) is 0 Å². The van der Waals surface area contributed by atoms with Crippen LogP contribution in [0, 0.1) is 0 Å². The summed E-state index contributed by atoms with van der Waals surface area (Å²) < 4.78 is 4.75. The van der Waals surface area contributed by atoms with Crippen molar-refractivity contribution < 1.29 is 19.1 Å². The molecule has 0 saturated heterocycles. The maximum absolute atomic E-state index is 11.8. The van der Waals surface area contributed by atoms with Gasteiger partial charge in [-0.05, 0) is 27.7 Å². The predicted molar refractivity (Wildman–Crippen MR) is 71.4 cm³/mol. The molecule has 0 aliphatic rings. The monoisotopic (exact) mass is 272 g/mol. The van der Waals surface area contributed by atoms with Crippen LogP contribution in [0.3, 0.4) is 0 Å². The third-order valence-electron chi connectivity index (χ3n) is 2.37. The van der Waals surface area contributed by atoms with Crippen LogP contribution < -0.4 is 5.32 Å². The number of nitrogens with zero attached hydrogens (tertiary/aromatic N) is 1. The molecule has 0 bridgehead atoms. The molecule has 0 aliphatic carbocycles. The first kappa shape index (κ1) is 17.4. The average molecular weight is 272 g/mol. The molecule has 0 aromatic heterocycles. The summed E-state index contributed by atoms with van der Waals surface area (Å²) in [6, 6.07) is 0.0424. The third-order valence-corrected chi connectivity index (χ3v) is 2.37. The van der Waals surface area contributed by atoms with Crippen molar-refractivity contribution in [3.8, 4) is 0 Å². The molecule has 0 spiro atoms. The number of esters is 1. The number of ether oxygens (including phenoxy) is 1. The minimum atomic E-state index is -0.390. The zero-order valence-electron chi connectivity index (χ0n) is 12.2. The molecule has 0 rings (SSSR count). The molecular weight excluding hydrogens is 248 g/mol. The zero-order valence-corrected chi connectivity index (χ0v) is 12.2. The summed E-state index contributed by atoms with van der Waals surface area (Å²) in [5.41, 5.74) is 0. The molecule has 6 nitrogen and oxygen atoms in total. The lowest BCUT2D eigenvalue weighted by Gasteiger charge is -2.21. The molecule has 0 radical (unpaired) electrons. The smallest absolute Gasteiger partial charge is 0.306 e. The number of carbonyl (C=O) groups is 3. The Morgan fingerprint density at radius 2 is 1.79 bits per heavy atom. The van der Waals surface area contributed by atoms with E-state index in [1.165, 1.54) is 4.90 Å². The molecule has 0 atom stereocenters. The molecule has 0 aliphatic heterocycles. The molecule has 0 aromatic carbocycles. The summed E-state index contributed by atoms with van der Waals surface area (Å²) in [5.74, 6) is -0.797. The van der Waals surface area contributed by atoms with Crippen molar-refractivity contribution in [2.24, 2.45) is 0 Å². The van der Waals surface area contributed by atoms with E-state index in [0.717, 1.165) is 0 Å². The second-order valence-electron chi connectivity index (χ2n) is 4.44. The van der Waals surface area contributed by atoms with Crippen LogP contribution in [-0.2, 0) is 19.1 Å². The van der Waals surface area contributed by atoms with Crippen molar-refractivity contribution >= 4 is 17.8 Å². The number of likely N-dealkylation sites (N-methyl/N-ethyl adjacent to an activating group) is 1. The summed E-state index contributed by atoms with van der Waals surface area (Å²) in [7, 11) is 0. The van der Waals surface area contributed by atoms with Gasteiger partial charge >= 0.3 is 5.97 Å². The van der Waals surface area contributed by atoms with Crippen molar-refractivity contribution in [2.45, 2.75) is 46.6 Å². The van der Waals surface area contributed by atoms with Gasteiger partial charge in [-0.2, -0.15) is 0 Å². The number of carbonyl (C=O) groups excluding carboxylic acids is 3. The SMILES string of the molecule is CCOC(=O)CCC(=O)N(CC)CC(=O)NC(C)C. The Bertz CT molecular complexity index is 316. The summed E-state index contributed by atoms with van der Waals surface area (Å²) in [4.78, 5) is 36.0. The van der Waals surface area contributed by atoms with Crippen LogP contribution in [0.25, 0.3) is 0 Å². The highest BCUT2D eigenvalue weighted by atomic mass is 16.5. The number of amides is 2. The predicted octanol–water partition coefficient (Wildman–Crippen LogP) is 0.703. The van der Waals surface area contributed by atoms with Crippen LogP contribution >= 0.6 is 0 Å². The van der Waals surface area contributed by atoms with Gasteiger partial charge < -0.3 is 15.0 Å². The van der Waals surface area contributed by atoms with Crippen LogP contribution in [0.1, 0.15) is 40.5 Å². The van der Waals surface area contributed by atoms with E-state index >= 15 is 0 Å². The van der Waals surface area contributed by atoms with E-state index in [0.29, 0.717) is 13.2 Å². The number of hydrogen-bond donors (Lipinski definition) is 1. The first-order valence-corrected chi connectivity index (χ1v) is 6.63. The number of hydrogen-bond acceptors (Lipinski definition) is 4. The van der Waals surface area contributed by atoms with Crippen LogP contribution in [0.2, 0.25) is 0 Å². The van der Waals surface area contributed by atoms with Gasteiger partial charge in [0.25, 0.3) is 0 Å². The quantitative estimate of drug-likeness (QED) is 0.660. The van der Waals surface area contributed by atoms with E-state index in [4.69, 9.17) is 4.74 Å². The van der Waals surface area contributed by atoms with Gasteiger partial charge in [0, 0.05) is 19.0 Å². The molecule has 19 heavy (non-hydrogen) atoms. The Morgan fingerprint density at radius 1 is 1.16 bits per heavy atom. The molecule has 1 N–H and O–H groups in total. The number of rotatable bonds is 8. The van der Waals surface area contributed by atoms with Gasteiger partial charge in [-0.1, -0.05) is 0 Å². The molecular formula is C13H24N2O4. The fraction of sp³-hybridized carbons (Fsp3) is 0.769.